The smallest absolute Gasteiger partial charge is 0.324 e. The van der Waals surface area contributed by atoms with E-state index in [0.717, 1.165) is 36.0 Å². The third kappa shape index (κ3) is 4.08. The molecule has 0 amide bonds. The highest BCUT2D eigenvalue weighted by atomic mass is 31.1. The molecule has 4 nitrogen and oxygen atoms in total. The standard InChI is InChI=1S/C23H33O4P/c1-15(2)14-27-21(25)22(6,28-26)23(10-8-7-9-11-23)20(24)19-17(4)12-16(3)13-18(19)5/h12-13,15H,7-11,14H2,1-6H3. The zero-order valence-electron chi connectivity index (χ0n) is 18.1. The van der Waals surface area contributed by atoms with Gasteiger partial charge in [0.1, 0.15) is 0 Å². The van der Waals surface area contributed by atoms with E-state index in [2.05, 4.69) is 0 Å². The van der Waals surface area contributed by atoms with Gasteiger partial charge >= 0.3 is 5.97 Å². The molecule has 5 heteroatoms. The summed E-state index contributed by atoms with van der Waals surface area (Å²) in [6.45, 7) is 11.7. The monoisotopic (exact) mass is 404 g/mol. The lowest BCUT2D eigenvalue weighted by Gasteiger charge is -2.44. The maximum absolute atomic E-state index is 14.0. The van der Waals surface area contributed by atoms with Gasteiger partial charge in [0, 0.05) is 5.56 Å². The number of carbonyl (C=O) groups is 2. The van der Waals surface area contributed by atoms with Crippen molar-refractivity contribution in [1.29, 1.82) is 0 Å². The number of hydrogen-bond acceptors (Lipinski definition) is 4. The fourth-order valence-corrected chi connectivity index (χ4v) is 5.21. The van der Waals surface area contributed by atoms with Gasteiger partial charge < -0.3 is 4.74 Å². The van der Waals surface area contributed by atoms with Crippen LogP contribution < -0.4 is 0 Å². The number of hydrogen-bond donors (Lipinski definition) is 0. The van der Waals surface area contributed by atoms with Crippen LogP contribution in [-0.2, 0) is 14.1 Å². The van der Waals surface area contributed by atoms with Crippen LogP contribution in [0.25, 0.3) is 0 Å². The van der Waals surface area contributed by atoms with E-state index in [0.29, 0.717) is 18.4 Å². The molecule has 0 saturated heterocycles. The second-order valence-electron chi connectivity index (χ2n) is 8.90. The normalized spacial score (nSPS) is 18.7. The van der Waals surface area contributed by atoms with Gasteiger partial charge in [-0.05, 0) is 57.6 Å². The number of rotatable bonds is 7. The van der Waals surface area contributed by atoms with Crippen LogP contribution >= 0.6 is 8.46 Å². The van der Waals surface area contributed by atoms with Gasteiger partial charge in [0.05, 0.1) is 12.0 Å². The molecule has 1 aliphatic carbocycles. The van der Waals surface area contributed by atoms with E-state index in [9.17, 15) is 14.2 Å². The van der Waals surface area contributed by atoms with Crippen LogP contribution in [0.15, 0.2) is 12.1 Å². The summed E-state index contributed by atoms with van der Waals surface area (Å²) in [7, 11) is -0.350. The van der Waals surface area contributed by atoms with Gasteiger partial charge in [-0.1, -0.05) is 50.8 Å². The summed E-state index contributed by atoms with van der Waals surface area (Å²) >= 11 is 0. The van der Waals surface area contributed by atoms with Crippen molar-refractivity contribution >= 4 is 20.2 Å². The van der Waals surface area contributed by atoms with Crippen LogP contribution in [0, 0.1) is 32.1 Å². The third-order valence-corrected chi connectivity index (χ3v) is 7.08. The summed E-state index contributed by atoms with van der Waals surface area (Å²) < 4.78 is 17.9. The lowest BCUT2D eigenvalue weighted by atomic mass is 9.61. The molecule has 0 aliphatic heterocycles. The Kier molecular flexibility index (Phi) is 7.20. The Morgan fingerprint density at radius 2 is 1.64 bits per heavy atom. The van der Waals surface area contributed by atoms with Gasteiger partial charge in [0.2, 0.25) is 0 Å². The van der Waals surface area contributed by atoms with Crippen LogP contribution in [0.4, 0.5) is 0 Å². The van der Waals surface area contributed by atoms with Gasteiger partial charge in [-0.2, -0.15) is 0 Å². The molecular formula is C23H33O4P. The molecule has 28 heavy (non-hydrogen) atoms. The van der Waals surface area contributed by atoms with Crippen LogP contribution in [-0.4, -0.2) is 23.5 Å². The van der Waals surface area contributed by atoms with Crippen LogP contribution in [0.5, 0.6) is 0 Å². The van der Waals surface area contributed by atoms with E-state index >= 15 is 0 Å². The molecule has 0 heterocycles. The summed E-state index contributed by atoms with van der Waals surface area (Å²) in [5.74, 6) is -0.416. The van der Waals surface area contributed by atoms with Gasteiger partial charge in [-0.3, -0.25) is 14.2 Å². The number of benzene rings is 1. The van der Waals surface area contributed by atoms with Gasteiger partial charge in [-0.15, -0.1) is 0 Å². The molecule has 2 rings (SSSR count). The SMILES string of the molecule is Cc1cc(C)c(C(=O)C2(C(C)(P=O)C(=O)OCC(C)C)CCCCC2)c(C)c1. The van der Waals surface area contributed by atoms with Crippen molar-refractivity contribution in [3.8, 4) is 0 Å². The zero-order chi connectivity index (χ0) is 21.1. The maximum atomic E-state index is 14.0. The van der Waals surface area contributed by atoms with E-state index in [1.54, 1.807) is 6.92 Å². The Labute approximate surface area is 170 Å². The van der Waals surface area contributed by atoms with Crippen LogP contribution in [0.2, 0.25) is 0 Å². The topological polar surface area (TPSA) is 60.4 Å². The number of ketones is 1. The Balaban J connectivity index is 2.58. The lowest BCUT2D eigenvalue weighted by Crippen LogP contribution is -2.54. The molecule has 1 fully saturated rings. The summed E-state index contributed by atoms with van der Waals surface area (Å²) in [5, 5.41) is -1.39. The zero-order valence-corrected chi connectivity index (χ0v) is 18.9. The highest BCUT2D eigenvalue weighted by Crippen LogP contribution is 2.54. The first-order chi connectivity index (χ1) is 13.1. The Morgan fingerprint density at radius 3 is 2.11 bits per heavy atom. The average Bonchev–Trinajstić information content (AvgIpc) is 2.64. The molecule has 0 radical (unpaired) electrons. The van der Waals surface area contributed by atoms with Crippen LogP contribution in [0.1, 0.15) is 79.9 Å². The molecule has 1 aliphatic rings. The van der Waals surface area contributed by atoms with Crippen molar-refractivity contribution in [3.05, 3.63) is 34.4 Å². The first kappa shape index (κ1) is 22.7. The molecule has 1 aromatic rings. The number of ether oxygens (including phenoxy) is 1. The minimum Gasteiger partial charge on any atom is -0.464 e. The molecule has 154 valence electrons. The van der Waals surface area contributed by atoms with E-state index in [1.807, 2.05) is 46.8 Å². The highest BCUT2D eigenvalue weighted by Gasteiger charge is 2.60. The fraction of sp³-hybridized carbons (Fsp3) is 0.652. The molecule has 1 unspecified atom stereocenters. The third-order valence-electron chi connectivity index (χ3n) is 6.11. The first-order valence-electron chi connectivity index (χ1n) is 10.2. The average molecular weight is 404 g/mol. The number of esters is 1. The minimum atomic E-state index is -1.39. The number of carbonyl (C=O) groups excluding carboxylic acids is 2. The van der Waals surface area contributed by atoms with Gasteiger partial charge in [0.25, 0.3) is 0 Å². The summed E-state index contributed by atoms with van der Waals surface area (Å²) in [6, 6.07) is 4.00. The predicted molar refractivity (Wildman–Crippen MR) is 112 cm³/mol. The summed E-state index contributed by atoms with van der Waals surface area (Å²) in [5.41, 5.74) is 2.58. The summed E-state index contributed by atoms with van der Waals surface area (Å²) in [6.07, 6.45) is 3.83. The maximum Gasteiger partial charge on any atom is 0.324 e. The second kappa shape index (κ2) is 8.86. The molecule has 0 N–H and O–H groups in total. The first-order valence-corrected chi connectivity index (χ1v) is 11.0. The summed E-state index contributed by atoms with van der Waals surface area (Å²) in [4.78, 5) is 27.1. The van der Waals surface area contributed by atoms with Crippen LogP contribution in [0.3, 0.4) is 0 Å². The van der Waals surface area contributed by atoms with Crippen molar-refractivity contribution in [2.24, 2.45) is 11.3 Å². The second-order valence-corrected chi connectivity index (χ2v) is 9.98. The molecule has 0 aromatic heterocycles. The minimum absolute atomic E-state index is 0.0606. The Morgan fingerprint density at radius 1 is 1.11 bits per heavy atom. The van der Waals surface area contributed by atoms with Crippen molar-refractivity contribution in [2.75, 3.05) is 6.61 Å². The quantitative estimate of drug-likeness (QED) is 0.318. The Bertz CT molecular complexity index is 739. The van der Waals surface area contributed by atoms with Crippen molar-refractivity contribution < 1.29 is 18.9 Å². The molecule has 1 atom stereocenters. The van der Waals surface area contributed by atoms with Crippen molar-refractivity contribution in [2.45, 2.75) is 78.8 Å². The van der Waals surface area contributed by atoms with E-state index < -0.39 is 16.5 Å². The fourth-order valence-electron chi connectivity index (χ4n) is 4.57. The van der Waals surface area contributed by atoms with E-state index in [4.69, 9.17) is 4.74 Å². The highest BCUT2D eigenvalue weighted by molar-refractivity contribution is 7.28. The van der Waals surface area contributed by atoms with Crippen molar-refractivity contribution in [3.63, 3.8) is 0 Å². The molecular weight excluding hydrogens is 371 g/mol. The molecule has 1 aromatic carbocycles. The number of aryl methyl sites for hydroxylation is 3. The number of Topliss-reactive ketones (excluding diaryl/α,β-unsaturated/α-hetero) is 1. The van der Waals surface area contributed by atoms with E-state index in [-0.39, 0.29) is 26.8 Å². The van der Waals surface area contributed by atoms with Gasteiger partial charge in [0.15, 0.2) is 19.4 Å². The van der Waals surface area contributed by atoms with E-state index in [1.165, 1.54) is 0 Å². The largest absolute Gasteiger partial charge is 0.464 e. The van der Waals surface area contributed by atoms with Gasteiger partial charge in [-0.25, -0.2) is 0 Å². The molecule has 0 spiro atoms. The Hall–Kier alpha value is -1.54. The van der Waals surface area contributed by atoms with Crippen molar-refractivity contribution in [1.82, 2.24) is 0 Å². The molecule has 0 bridgehead atoms. The predicted octanol–water partition coefficient (Wildman–Crippen LogP) is 5.99. The lowest BCUT2D eigenvalue weighted by molar-refractivity contribution is -0.151. The molecule has 1 saturated carbocycles.